The van der Waals surface area contributed by atoms with Gasteiger partial charge in [-0.15, -0.1) is 0 Å². The summed E-state index contributed by atoms with van der Waals surface area (Å²) in [5.41, 5.74) is 21.3. The lowest BCUT2D eigenvalue weighted by atomic mass is 10.1. The van der Waals surface area contributed by atoms with E-state index < -0.39 is 60.4 Å². The molecule has 1 saturated heterocycles. The Bertz CT molecular complexity index is 787. The number of hydrogen-bond donors (Lipinski definition) is 8. The second-order valence-electron chi connectivity index (χ2n) is 7.89. The highest BCUT2D eigenvalue weighted by molar-refractivity contribution is 5.94. The molecule has 0 aromatic rings. The molecule has 0 aliphatic carbocycles. The fourth-order valence-electron chi connectivity index (χ4n) is 3.43. The number of nitrogens with one attached hydrogen (secondary N) is 2. The molecule has 4 amide bonds. The Labute approximate surface area is 196 Å². The van der Waals surface area contributed by atoms with Crippen molar-refractivity contribution in [1.29, 1.82) is 0 Å². The molecule has 0 aromatic carbocycles. The maximum Gasteiger partial charge on any atom is 0.326 e. The van der Waals surface area contributed by atoms with Gasteiger partial charge in [-0.2, -0.15) is 0 Å². The van der Waals surface area contributed by atoms with Gasteiger partial charge < -0.3 is 48.7 Å². The number of nitrogens with zero attached hydrogens (tertiary/aromatic N) is 2. The van der Waals surface area contributed by atoms with E-state index in [0.29, 0.717) is 6.42 Å². The van der Waals surface area contributed by atoms with Crippen molar-refractivity contribution < 1.29 is 34.2 Å². The van der Waals surface area contributed by atoms with Crippen LogP contribution in [0.2, 0.25) is 0 Å². The van der Waals surface area contributed by atoms with Gasteiger partial charge >= 0.3 is 5.97 Å². The summed E-state index contributed by atoms with van der Waals surface area (Å²) in [5.74, 6) is -4.23. The first kappa shape index (κ1) is 28.6. The fourth-order valence-corrected chi connectivity index (χ4v) is 3.43. The minimum absolute atomic E-state index is 0.0349. The molecule has 4 atom stereocenters. The topological polar surface area (TPSA) is 270 Å². The van der Waals surface area contributed by atoms with Crippen LogP contribution in [0.3, 0.4) is 0 Å². The SMILES string of the molecule is NC(=O)CCC(N)C(=O)NC(CCCN=C(N)N)C(=O)NC(CO)C(=O)N1CCCC1C(=O)O. The van der Waals surface area contributed by atoms with Crippen LogP contribution in [-0.4, -0.2) is 94.5 Å². The number of hydrogen-bond acceptors (Lipinski definition) is 8. The molecule has 15 heteroatoms. The van der Waals surface area contributed by atoms with Gasteiger partial charge in [0.05, 0.1) is 12.6 Å². The number of amides is 4. The number of likely N-dealkylation sites (tertiary alicyclic amines) is 1. The Balaban J connectivity index is 2.89. The Hall–Kier alpha value is -3.46. The number of aliphatic hydroxyl groups is 1. The third-order valence-corrected chi connectivity index (χ3v) is 5.23. The summed E-state index contributed by atoms with van der Waals surface area (Å²) in [5, 5.41) is 23.8. The Morgan fingerprint density at radius 3 is 2.24 bits per heavy atom. The van der Waals surface area contributed by atoms with E-state index in [0.717, 1.165) is 4.90 Å². The standard InChI is InChI=1S/C19H34N8O7/c20-10(5-6-14(21)29)15(30)25-11(3-1-7-24-19(22)23)16(31)26-12(9-28)17(32)27-8-2-4-13(27)18(33)34/h10-13,28H,1-9,20H2,(H2,21,29)(H,25,30)(H,26,31)(H,33,34)(H4,22,23,24). The maximum atomic E-state index is 12.9. The molecule has 0 bridgehead atoms. The van der Waals surface area contributed by atoms with Crippen LogP contribution < -0.4 is 33.6 Å². The lowest BCUT2D eigenvalue weighted by molar-refractivity contribution is -0.150. The van der Waals surface area contributed by atoms with Crippen LogP contribution in [0, 0.1) is 0 Å². The van der Waals surface area contributed by atoms with E-state index in [4.69, 9.17) is 22.9 Å². The van der Waals surface area contributed by atoms with Gasteiger partial charge in [-0.3, -0.25) is 24.2 Å². The van der Waals surface area contributed by atoms with Crippen LogP contribution in [0.25, 0.3) is 0 Å². The molecule has 1 rings (SSSR count). The van der Waals surface area contributed by atoms with Gasteiger partial charge in [-0.05, 0) is 32.1 Å². The minimum Gasteiger partial charge on any atom is -0.480 e. The zero-order valence-electron chi connectivity index (χ0n) is 18.8. The van der Waals surface area contributed by atoms with Crippen molar-refractivity contribution in [2.45, 2.75) is 62.7 Å². The zero-order valence-corrected chi connectivity index (χ0v) is 18.8. The van der Waals surface area contributed by atoms with Crippen molar-refractivity contribution in [1.82, 2.24) is 15.5 Å². The molecular weight excluding hydrogens is 452 g/mol. The summed E-state index contributed by atoms with van der Waals surface area (Å²) in [7, 11) is 0. The molecule has 4 unspecified atom stereocenters. The smallest absolute Gasteiger partial charge is 0.326 e. The first-order valence-corrected chi connectivity index (χ1v) is 10.8. The highest BCUT2D eigenvalue weighted by Crippen LogP contribution is 2.18. The number of primary amides is 1. The van der Waals surface area contributed by atoms with Gasteiger partial charge in [0.1, 0.15) is 18.1 Å². The summed E-state index contributed by atoms with van der Waals surface area (Å²) in [4.78, 5) is 65.2. The number of carboxylic acid groups (broad SMARTS) is 1. The van der Waals surface area contributed by atoms with E-state index in [-0.39, 0.29) is 51.2 Å². The van der Waals surface area contributed by atoms with Gasteiger partial charge in [0.25, 0.3) is 0 Å². The first-order chi connectivity index (χ1) is 16.0. The molecule has 1 aliphatic heterocycles. The van der Waals surface area contributed by atoms with Crippen molar-refractivity contribution in [3.63, 3.8) is 0 Å². The van der Waals surface area contributed by atoms with Crippen LogP contribution in [0.5, 0.6) is 0 Å². The zero-order chi connectivity index (χ0) is 25.8. The average Bonchev–Trinajstić information content (AvgIpc) is 3.27. The Morgan fingerprint density at radius 1 is 1.03 bits per heavy atom. The minimum atomic E-state index is -1.41. The third-order valence-electron chi connectivity index (χ3n) is 5.23. The fraction of sp³-hybridized carbons (Fsp3) is 0.684. The number of carbonyl (C=O) groups is 5. The molecule has 1 heterocycles. The van der Waals surface area contributed by atoms with E-state index in [1.165, 1.54) is 0 Å². The maximum absolute atomic E-state index is 12.9. The van der Waals surface area contributed by atoms with E-state index in [9.17, 15) is 34.2 Å². The molecule has 0 radical (unpaired) electrons. The molecular formula is C19H34N8O7. The van der Waals surface area contributed by atoms with Crippen molar-refractivity contribution in [3.8, 4) is 0 Å². The molecule has 15 nitrogen and oxygen atoms in total. The Morgan fingerprint density at radius 2 is 1.68 bits per heavy atom. The van der Waals surface area contributed by atoms with Crippen molar-refractivity contribution in [2.75, 3.05) is 19.7 Å². The van der Waals surface area contributed by atoms with Crippen LogP contribution >= 0.6 is 0 Å². The molecule has 12 N–H and O–H groups in total. The number of nitrogens with two attached hydrogens (primary N) is 4. The second-order valence-corrected chi connectivity index (χ2v) is 7.89. The van der Waals surface area contributed by atoms with Crippen molar-refractivity contribution in [3.05, 3.63) is 0 Å². The van der Waals surface area contributed by atoms with Crippen molar-refractivity contribution >= 4 is 35.6 Å². The second kappa shape index (κ2) is 13.9. The molecule has 0 aromatic heterocycles. The number of guanidine groups is 1. The van der Waals surface area contributed by atoms with Crippen molar-refractivity contribution in [2.24, 2.45) is 27.9 Å². The predicted molar refractivity (Wildman–Crippen MR) is 120 cm³/mol. The van der Waals surface area contributed by atoms with Crippen LogP contribution in [0.1, 0.15) is 38.5 Å². The molecule has 0 saturated carbocycles. The van der Waals surface area contributed by atoms with Crippen LogP contribution in [0.4, 0.5) is 0 Å². The molecule has 34 heavy (non-hydrogen) atoms. The first-order valence-electron chi connectivity index (χ1n) is 10.8. The van der Waals surface area contributed by atoms with Gasteiger partial charge in [0.15, 0.2) is 5.96 Å². The van der Waals surface area contributed by atoms with E-state index in [1.54, 1.807) is 0 Å². The number of aliphatic imine (C=N–C) groups is 1. The van der Waals surface area contributed by atoms with Gasteiger partial charge in [0.2, 0.25) is 23.6 Å². The number of carbonyl (C=O) groups excluding carboxylic acids is 4. The van der Waals surface area contributed by atoms with Gasteiger partial charge in [-0.1, -0.05) is 0 Å². The number of aliphatic hydroxyl groups excluding tert-OH is 1. The average molecular weight is 487 g/mol. The lowest BCUT2D eigenvalue weighted by Crippen LogP contribution is -2.58. The quantitative estimate of drug-likeness (QED) is 0.0664. The molecule has 1 fully saturated rings. The summed E-state index contributed by atoms with van der Waals surface area (Å²) >= 11 is 0. The third kappa shape index (κ3) is 9.19. The molecule has 0 spiro atoms. The summed E-state index contributed by atoms with van der Waals surface area (Å²) in [6.45, 7) is -0.443. The summed E-state index contributed by atoms with van der Waals surface area (Å²) in [6, 6.07) is -4.74. The van der Waals surface area contributed by atoms with E-state index >= 15 is 0 Å². The highest BCUT2D eigenvalue weighted by Gasteiger charge is 2.38. The summed E-state index contributed by atoms with van der Waals surface area (Å²) < 4.78 is 0. The van der Waals surface area contributed by atoms with Gasteiger partial charge in [0, 0.05) is 19.5 Å². The van der Waals surface area contributed by atoms with Crippen LogP contribution in [0.15, 0.2) is 4.99 Å². The predicted octanol–water partition coefficient (Wildman–Crippen LogP) is -4.33. The largest absolute Gasteiger partial charge is 0.480 e. The van der Waals surface area contributed by atoms with Crippen LogP contribution in [-0.2, 0) is 24.0 Å². The molecule has 192 valence electrons. The van der Waals surface area contributed by atoms with Gasteiger partial charge in [-0.25, -0.2) is 4.79 Å². The monoisotopic (exact) mass is 486 g/mol. The normalized spacial score (nSPS) is 17.8. The molecule has 1 aliphatic rings. The van der Waals surface area contributed by atoms with E-state index in [2.05, 4.69) is 15.6 Å². The number of rotatable bonds is 14. The summed E-state index contributed by atoms with van der Waals surface area (Å²) in [6.07, 6.45) is 0.911. The highest BCUT2D eigenvalue weighted by atomic mass is 16.4. The number of carboxylic acids is 1. The Kier molecular flexibility index (Phi) is 11.7. The van der Waals surface area contributed by atoms with E-state index in [1.807, 2.05) is 0 Å². The lowest BCUT2D eigenvalue weighted by Gasteiger charge is -2.28. The number of aliphatic carboxylic acids is 1.